The Balaban J connectivity index is 1.31. The number of benzene rings is 3. The van der Waals surface area contributed by atoms with Gasteiger partial charge in [0.05, 0.1) is 45.6 Å². The molecule has 0 radical (unpaired) electrons. The quantitative estimate of drug-likeness (QED) is 0.143. The Morgan fingerprint density at radius 3 is 2.65 bits per heavy atom. The topological polar surface area (TPSA) is 134 Å². The van der Waals surface area contributed by atoms with Crippen molar-refractivity contribution in [3.63, 3.8) is 0 Å². The van der Waals surface area contributed by atoms with E-state index in [1.54, 1.807) is 48.5 Å². The standard InChI is InChI=1S/C36H37ClFN5O5S/c1-3-47-34-19-31-29(18-32(34)42-35(44)8-5-13-43(2)22-24-11-14-49(45,46)15-12-24)36(26(20-39)21-40-31)41-28-9-10-33(30(37)17-28)48-23-25-6-4-7-27(38)16-25/h4-10,16-19,21,24H,3,11-15,22-23H2,1-2H3,(H,40,41)(H,42,44)/b8-5+. The van der Waals surface area contributed by atoms with Crippen molar-refractivity contribution in [3.8, 4) is 17.6 Å². The summed E-state index contributed by atoms with van der Waals surface area (Å²) in [5.74, 6) is 0.888. The van der Waals surface area contributed by atoms with E-state index in [0.29, 0.717) is 82.0 Å². The van der Waals surface area contributed by atoms with E-state index < -0.39 is 9.84 Å². The minimum atomic E-state index is -2.91. The molecule has 0 spiro atoms. The number of halogens is 2. The maximum atomic E-state index is 13.5. The molecule has 0 atom stereocenters. The summed E-state index contributed by atoms with van der Waals surface area (Å²) >= 11 is 6.53. The summed E-state index contributed by atoms with van der Waals surface area (Å²) in [7, 11) is -0.965. The Kier molecular flexibility index (Phi) is 11.7. The average molecular weight is 706 g/mol. The number of fused-ring (bicyclic) bond motifs is 1. The molecule has 0 aliphatic carbocycles. The number of sulfone groups is 1. The van der Waals surface area contributed by atoms with Crippen LogP contribution in [0.25, 0.3) is 10.9 Å². The van der Waals surface area contributed by atoms with Crippen LogP contribution in [0.1, 0.15) is 30.9 Å². The zero-order valence-electron chi connectivity index (χ0n) is 27.2. The lowest BCUT2D eigenvalue weighted by Gasteiger charge is -2.26. The Labute approximate surface area is 290 Å². The van der Waals surface area contributed by atoms with Crippen LogP contribution in [0.4, 0.5) is 21.5 Å². The molecule has 256 valence electrons. The number of pyridine rings is 1. The van der Waals surface area contributed by atoms with Crippen LogP contribution in [0.15, 0.2) is 72.9 Å². The summed E-state index contributed by atoms with van der Waals surface area (Å²) in [6, 6.07) is 16.8. The van der Waals surface area contributed by atoms with Gasteiger partial charge in [-0.05, 0) is 74.7 Å². The lowest BCUT2D eigenvalue weighted by Crippen LogP contribution is -2.32. The molecule has 0 saturated carbocycles. The summed E-state index contributed by atoms with van der Waals surface area (Å²) < 4.78 is 48.6. The monoisotopic (exact) mass is 705 g/mol. The highest BCUT2D eigenvalue weighted by atomic mass is 35.5. The van der Waals surface area contributed by atoms with Gasteiger partial charge in [0.2, 0.25) is 5.91 Å². The first kappa shape index (κ1) is 35.6. The third-order valence-corrected chi connectivity index (χ3v) is 10.1. The molecule has 1 aromatic heterocycles. The fraction of sp³-hybridized carbons (Fsp3) is 0.306. The molecule has 4 aromatic rings. The van der Waals surface area contributed by atoms with Crippen molar-refractivity contribution in [2.24, 2.45) is 5.92 Å². The Hall–Kier alpha value is -4.70. The van der Waals surface area contributed by atoms with Crippen LogP contribution in [0.5, 0.6) is 11.5 Å². The first-order chi connectivity index (χ1) is 23.5. The van der Waals surface area contributed by atoms with E-state index in [0.717, 1.165) is 6.54 Å². The highest BCUT2D eigenvalue weighted by molar-refractivity contribution is 7.91. The second-order valence-electron chi connectivity index (χ2n) is 11.9. The first-order valence-corrected chi connectivity index (χ1v) is 18.0. The number of likely N-dealkylation sites (N-methyl/N-ethyl adjacent to an activating group) is 1. The fourth-order valence-corrected chi connectivity index (χ4v) is 7.41. The van der Waals surface area contributed by atoms with Gasteiger partial charge in [0.15, 0.2) is 0 Å². The van der Waals surface area contributed by atoms with Crippen molar-refractivity contribution >= 4 is 55.3 Å². The van der Waals surface area contributed by atoms with Gasteiger partial charge < -0.3 is 25.0 Å². The van der Waals surface area contributed by atoms with Gasteiger partial charge in [-0.2, -0.15) is 5.26 Å². The van der Waals surface area contributed by atoms with Gasteiger partial charge in [-0.15, -0.1) is 0 Å². The minimum Gasteiger partial charge on any atom is -0.492 e. The van der Waals surface area contributed by atoms with Gasteiger partial charge in [0.25, 0.3) is 0 Å². The van der Waals surface area contributed by atoms with Crippen LogP contribution in [0.3, 0.4) is 0 Å². The molecule has 49 heavy (non-hydrogen) atoms. The van der Waals surface area contributed by atoms with E-state index in [-0.39, 0.29) is 35.4 Å². The largest absolute Gasteiger partial charge is 0.492 e. The Morgan fingerprint density at radius 2 is 1.94 bits per heavy atom. The second-order valence-corrected chi connectivity index (χ2v) is 14.6. The van der Waals surface area contributed by atoms with Gasteiger partial charge in [-0.1, -0.05) is 29.8 Å². The normalized spacial score (nSPS) is 14.5. The van der Waals surface area contributed by atoms with Crippen LogP contribution in [0, 0.1) is 23.1 Å². The van der Waals surface area contributed by atoms with Crippen LogP contribution in [-0.4, -0.2) is 62.5 Å². The number of carbonyl (C=O) groups is 1. The molecule has 1 aliphatic rings. The number of nitrogens with zero attached hydrogens (tertiary/aromatic N) is 3. The maximum absolute atomic E-state index is 13.5. The molecule has 13 heteroatoms. The van der Waals surface area contributed by atoms with Crippen LogP contribution in [-0.2, 0) is 21.2 Å². The zero-order chi connectivity index (χ0) is 35.0. The molecule has 1 saturated heterocycles. The summed E-state index contributed by atoms with van der Waals surface area (Å²) in [5.41, 5.74) is 2.91. The van der Waals surface area contributed by atoms with Crippen molar-refractivity contribution in [3.05, 3.63) is 94.9 Å². The number of aromatic nitrogens is 1. The predicted molar refractivity (Wildman–Crippen MR) is 190 cm³/mol. The number of carbonyl (C=O) groups excluding carboxylic acids is 1. The smallest absolute Gasteiger partial charge is 0.248 e. The molecule has 2 heterocycles. The van der Waals surface area contributed by atoms with Gasteiger partial charge >= 0.3 is 0 Å². The highest BCUT2D eigenvalue weighted by Gasteiger charge is 2.24. The number of nitriles is 1. The molecule has 1 amide bonds. The summed E-state index contributed by atoms with van der Waals surface area (Å²) in [6.45, 7) is 3.59. The van der Waals surface area contributed by atoms with Crippen LogP contribution in [0.2, 0.25) is 5.02 Å². The fourth-order valence-electron chi connectivity index (χ4n) is 5.59. The molecule has 1 aliphatic heterocycles. The summed E-state index contributed by atoms with van der Waals surface area (Å²) in [4.78, 5) is 19.5. The minimum absolute atomic E-state index is 0.134. The molecule has 0 unspecified atom stereocenters. The number of hydrogen-bond acceptors (Lipinski definition) is 9. The van der Waals surface area contributed by atoms with Crippen LogP contribution < -0.4 is 20.1 Å². The molecule has 3 aromatic carbocycles. The first-order valence-electron chi connectivity index (χ1n) is 15.8. The van der Waals surface area contributed by atoms with Crippen molar-refractivity contribution in [2.45, 2.75) is 26.4 Å². The highest BCUT2D eigenvalue weighted by Crippen LogP contribution is 2.37. The molecule has 5 rings (SSSR count). The van der Waals surface area contributed by atoms with E-state index >= 15 is 0 Å². The van der Waals surface area contributed by atoms with Gasteiger partial charge in [0.1, 0.15) is 39.8 Å². The van der Waals surface area contributed by atoms with Crippen molar-refractivity contribution in [2.75, 3.05) is 48.9 Å². The number of hydrogen-bond donors (Lipinski definition) is 2. The lowest BCUT2D eigenvalue weighted by molar-refractivity contribution is -0.111. The third-order valence-electron chi connectivity index (χ3n) is 8.06. The lowest BCUT2D eigenvalue weighted by atomic mass is 10.0. The molecular weight excluding hydrogens is 669 g/mol. The second kappa shape index (κ2) is 16.1. The number of anilines is 3. The Bertz CT molecular complexity index is 2000. The summed E-state index contributed by atoms with van der Waals surface area (Å²) in [6.07, 6.45) is 5.98. The van der Waals surface area contributed by atoms with E-state index in [1.807, 2.05) is 14.0 Å². The van der Waals surface area contributed by atoms with E-state index in [9.17, 15) is 22.9 Å². The maximum Gasteiger partial charge on any atom is 0.248 e. The van der Waals surface area contributed by atoms with Crippen LogP contribution >= 0.6 is 11.6 Å². The molecule has 0 bridgehead atoms. The van der Waals surface area contributed by atoms with Crippen molar-refractivity contribution < 1.29 is 27.1 Å². The summed E-state index contributed by atoms with van der Waals surface area (Å²) in [5, 5.41) is 17.0. The Morgan fingerprint density at radius 1 is 1.14 bits per heavy atom. The predicted octanol–water partition coefficient (Wildman–Crippen LogP) is 6.87. The van der Waals surface area contributed by atoms with Gasteiger partial charge in [-0.25, -0.2) is 12.8 Å². The van der Waals surface area contributed by atoms with Gasteiger partial charge in [-0.3, -0.25) is 9.78 Å². The molecule has 2 N–H and O–H groups in total. The molecule has 1 fully saturated rings. The SMILES string of the molecule is CCOc1cc2ncc(C#N)c(Nc3ccc(OCc4cccc(F)c4)c(Cl)c3)c2cc1NC(=O)/C=C/CN(C)CC1CCS(=O)(=O)CC1. The van der Waals surface area contributed by atoms with E-state index in [2.05, 4.69) is 26.6 Å². The number of nitrogens with one attached hydrogen (secondary N) is 2. The number of rotatable bonds is 13. The molecule has 10 nitrogen and oxygen atoms in total. The zero-order valence-corrected chi connectivity index (χ0v) is 28.8. The van der Waals surface area contributed by atoms with Gasteiger partial charge in [0, 0.05) is 42.5 Å². The number of amides is 1. The molecular formula is C36H37ClFN5O5S. The van der Waals surface area contributed by atoms with Crippen molar-refractivity contribution in [1.82, 2.24) is 9.88 Å². The van der Waals surface area contributed by atoms with E-state index in [1.165, 1.54) is 24.4 Å². The average Bonchev–Trinajstić information content (AvgIpc) is 3.06. The number of ether oxygens (including phenoxy) is 2. The van der Waals surface area contributed by atoms with E-state index in [4.69, 9.17) is 21.1 Å². The third kappa shape index (κ3) is 9.69. The van der Waals surface area contributed by atoms with Crippen molar-refractivity contribution in [1.29, 1.82) is 5.26 Å².